The second-order valence-electron chi connectivity index (χ2n) is 4.11. The number of anilines is 1. The largest absolute Gasteiger partial charge is 0.360 e. The zero-order valence-electron chi connectivity index (χ0n) is 9.49. The van der Waals surface area contributed by atoms with Gasteiger partial charge in [-0.05, 0) is 18.6 Å². The predicted octanol–water partition coefficient (Wildman–Crippen LogP) is 0.390. The molecule has 1 fully saturated rings. The van der Waals surface area contributed by atoms with E-state index in [1.165, 1.54) is 5.56 Å². The number of hydrogen-bond donors (Lipinski definition) is 2. The second-order valence-corrected chi connectivity index (χ2v) is 4.11. The molecule has 1 aliphatic rings. The SMILES string of the molecule is Cc1ccc(N2CCNC(=O)C2)c(CN)c1. The molecule has 1 aliphatic heterocycles. The van der Waals surface area contributed by atoms with Crippen LogP contribution in [-0.4, -0.2) is 25.5 Å². The Morgan fingerprint density at radius 1 is 1.50 bits per heavy atom. The summed E-state index contributed by atoms with van der Waals surface area (Å²) < 4.78 is 0. The molecule has 4 nitrogen and oxygen atoms in total. The number of nitrogens with two attached hydrogens (primary N) is 1. The number of amides is 1. The number of carbonyl (C=O) groups is 1. The molecule has 2 rings (SSSR count). The molecule has 1 heterocycles. The van der Waals surface area contributed by atoms with Crippen molar-refractivity contribution in [2.45, 2.75) is 13.5 Å². The topological polar surface area (TPSA) is 58.4 Å². The van der Waals surface area contributed by atoms with E-state index in [9.17, 15) is 4.79 Å². The molecule has 0 aliphatic carbocycles. The fourth-order valence-electron chi connectivity index (χ4n) is 2.03. The lowest BCUT2D eigenvalue weighted by Gasteiger charge is -2.30. The van der Waals surface area contributed by atoms with Gasteiger partial charge in [0.15, 0.2) is 0 Å². The quantitative estimate of drug-likeness (QED) is 0.756. The van der Waals surface area contributed by atoms with Crippen molar-refractivity contribution in [1.82, 2.24) is 5.32 Å². The van der Waals surface area contributed by atoms with E-state index in [1.807, 2.05) is 6.92 Å². The molecule has 0 unspecified atom stereocenters. The average molecular weight is 219 g/mol. The van der Waals surface area contributed by atoms with Crippen LogP contribution in [0.25, 0.3) is 0 Å². The number of nitrogens with zero attached hydrogens (tertiary/aromatic N) is 1. The average Bonchev–Trinajstić information content (AvgIpc) is 2.28. The lowest BCUT2D eigenvalue weighted by molar-refractivity contribution is -0.120. The van der Waals surface area contributed by atoms with Gasteiger partial charge in [0.2, 0.25) is 5.91 Å². The van der Waals surface area contributed by atoms with Crippen molar-refractivity contribution in [1.29, 1.82) is 0 Å². The fourth-order valence-corrected chi connectivity index (χ4v) is 2.03. The van der Waals surface area contributed by atoms with Gasteiger partial charge >= 0.3 is 0 Å². The van der Waals surface area contributed by atoms with Gasteiger partial charge in [-0.1, -0.05) is 17.7 Å². The van der Waals surface area contributed by atoms with E-state index in [0.717, 1.165) is 17.8 Å². The van der Waals surface area contributed by atoms with Crippen molar-refractivity contribution in [3.8, 4) is 0 Å². The molecule has 4 heteroatoms. The Morgan fingerprint density at radius 3 is 3.00 bits per heavy atom. The number of hydrogen-bond acceptors (Lipinski definition) is 3. The summed E-state index contributed by atoms with van der Waals surface area (Å²) in [6.45, 7) is 4.54. The van der Waals surface area contributed by atoms with Crippen molar-refractivity contribution in [3.05, 3.63) is 29.3 Å². The third-order valence-corrected chi connectivity index (χ3v) is 2.83. The second kappa shape index (κ2) is 4.53. The fraction of sp³-hybridized carbons (Fsp3) is 0.417. The van der Waals surface area contributed by atoms with E-state index in [1.54, 1.807) is 0 Å². The highest BCUT2D eigenvalue weighted by molar-refractivity contribution is 5.83. The van der Waals surface area contributed by atoms with Crippen molar-refractivity contribution in [2.24, 2.45) is 5.73 Å². The van der Waals surface area contributed by atoms with Crippen molar-refractivity contribution >= 4 is 11.6 Å². The molecule has 1 aromatic carbocycles. The van der Waals surface area contributed by atoms with Gasteiger partial charge < -0.3 is 16.0 Å². The molecule has 1 amide bonds. The maximum atomic E-state index is 11.3. The molecule has 0 saturated carbocycles. The maximum absolute atomic E-state index is 11.3. The Hall–Kier alpha value is -1.55. The van der Waals surface area contributed by atoms with E-state index in [2.05, 4.69) is 28.4 Å². The molecule has 3 N–H and O–H groups in total. The molecule has 0 radical (unpaired) electrons. The number of piperazine rings is 1. The van der Waals surface area contributed by atoms with E-state index in [4.69, 9.17) is 5.73 Å². The summed E-state index contributed by atoms with van der Waals surface area (Å²) in [5, 5.41) is 2.82. The van der Waals surface area contributed by atoms with Gasteiger partial charge in [0, 0.05) is 25.3 Å². The molecule has 1 aromatic rings. The number of aryl methyl sites for hydroxylation is 1. The smallest absolute Gasteiger partial charge is 0.239 e. The van der Waals surface area contributed by atoms with Crippen LogP contribution in [-0.2, 0) is 11.3 Å². The molecular formula is C12H17N3O. The first-order valence-electron chi connectivity index (χ1n) is 5.52. The Kier molecular flexibility index (Phi) is 3.10. The highest BCUT2D eigenvalue weighted by Gasteiger charge is 2.18. The van der Waals surface area contributed by atoms with Crippen molar-refractivity contribution in [3.63, 3.8) is 0 Å². The van der Waals surface area contributed by atoms with Crippen LogP contribution in [0.15, 0.2) is 18.2 Å². The van der Waals surface area contributed by atoms with Crippen molar-refractivity contribution < 1.29 is 4.79 Å². The maximum Gasteiger partial charge on any atom is 0.239 e. The van der Waals surface area contributed by atoms with E-state index < -0.39 is 0 Å². The molecule has 0 atom stereocenters. The first kappa shape index (κ1) is 11.0. The van der Waals surface area contributed by atoms with Crippen LogP contribution >= 0.6 is 0 Å². The Bertz CT molecular complexity index is 403. The van der Waals surface area contributed by atoms with Gasteiger partial charge in [-0.2, -0.15) is 0 Å². The first-order chi connectivity index (χ1) is 7.70. The first-order valence-corrected chi connectivity index (χ1v) is 5.52. The van der Waals surface area contributed by atoms with Crippen LogP contribution in [0.4, 0.5) is 5.69 Å². The van der Waals surface area contributed by atoms with Crippen LogP contribution in [0.3, 0.4) is 0 Å². The van der Waals surface area contributed by atoms with Gasteiger partial charge in [-0.25, -0.2) is 0 Å². The van der Waals surface area contributed by atoms with E-state index >= 15 is 0 Å². The van der Waals surface area contributed by atoms with Gasteiger partial charge in [0.05, 0.1) is 6.54 Å². The molecule has 86 valence electrons. The molecule has 1 saturated heterocycles. The minimum Gasteiger partial charge on any atom is -0.360 e. The number of nitrogens with one attached hydrogen (secondary N) is 1. The van der Waals surface area contributed by atoms with Crippen molar-refractivity contribution in [2.75, 3.05) is 24.5 Å². The molecule has 0 bridgehead atoms. The van der Waals surface area contributed by atoms with Crippen LogP contribution in [0, 0.1) is 6.92 Å². The van der Waals surface area contributed by atoms with Crippen LogP contribution in [0.1, 0.15) is 11.1 Å². The monoisotopic (exact) mass is 219 g/mol. The lowest BCUT2D eigenvalue weighted by Crippen LogP contribution is -2.48. The third kappa shape index (κ3) is 2.17. The molecule has 0 spiro atoms. The summed E-state index contributed by atoms with van der Waals surface area (Å²) in [5.41, 5.74) is 9.13. The summed E-state index contributed by atoms with van der Waals surface area (Å²) in [5.74, 6) is 0.0785. The van der Waals surface area contributed by atoms with Gasteiger partial charge in [-0.3, -0.25) is 4.79 Å². The predicted molar refractivity (Wildman–Crippen MR) is 64.3 cm³/mol. The van der Waals surface area contributed by atoms with E-state index in [0.29, 0.717) is 19.6 Å². The lowest BCUT2D eigenvalue weighted by atomic mass is 10.1. The van der Waals surface area contributed by atoms with Gasteiger partial charge in [0.1, 0.15) is 0 Å². The molecule has 16 heavy (non-hydrogen) atoms. The number of benzene rings is 1. The highest BCUT2D eigenvalue weighted by Crippen LogP contribution is 2.22. The summed E-state index contributed by atoms with van der Waals surface area (Å²) in [6, 6.07) is 6.19. The number of rotatable bonds is 2. The van der Waals surface area contributed by atoms with E-state index in [-0.39, 0.29) is 5.91 Å². The molecule has 0 aromatic heterocycles. The minimum absolute atomic E-state index is 0.0785. The summed E-state index contributed by atoms with van der Waals surface area (Å²) in [4.78, 5) is 13.4. The zero-order valence-corrected chi connectivity index (χ0v) is 9.49. The normalized spacial score (nSPS) is 16.1. The Morgan fingerprint density at radius 2 is 2.31 bits per heavy atom. The zero-order chi connectivity index (χ0) is 11.5. The third-order valence-electron chi connectivity index (χ3n) is 2.83. The summed E-state index contributed by atoms with van der Waals surface area (Å²) >= 11 is 0. The van der Waals surface area contributed by atoms with Gasteiger partial charge in [-0.15, -0.1) is 0 Å². The van der Waals surface area contributed by atoms with Crippen LogP contribution in [0.2, 0.25) is 0 Å². The summed E-state index contributed by atoms with van der Waals surface area (Å²) in [7, 11) is 0. The minimum atomic E-state index is 0.0785. The Balaban J connectivity index is 2.28. The van der Waals surface area contributed by atoms with Gasteiger partial charge in [0.25, 0.3) is 0 Å². The molecular weight excluding hydrogens is 202 g/mol. The highest BCUT2D eigenvalue weighted by atomic mass is 16.2. The summed E-state index contributed by atoms with van der Waals surface area (Å²) in [6.07, 6.45) is 0. The van der Waals surface area contributed by atoms with Crippen LogP contribution < -0.4 is 16.0 Å². The Labute approximate surface area is 95.4 Å². The standard InChI is InChI=1S/C12H17N3O/c1-9-2-3-11(10(6-9)7-13)15-5-4-14-12(16)8-15/h2-3,6H,4-5,7-8,13H2,1H3,(H,14,16). The number of carbonyl (C=O) groups excluding carboxylic acids is 1. The van der Waals surface area contributed by atoms with Crippen LogP contribution in [0.5, 0.6) is 0 Å².